The molecule has 2 aliphatic heterocycles. The zero-order chi connectivity index (χ0) is 16.9. The summed E-state index contributed by atoms with van der Waals surface area (Å²) >= 11 is 0. The van der Waals surface area contributed by atoms with E-state index in [0.29, 0.717) is 5.92 Å². The van der Waals surface area contributed by atoms with Gasteiger partial charge in [-0.3, -0.25) is 4.90 Å². The highest BCUT2D eigenvalue weighted by atomic mass is 16.5. The number of ether oxygens (including phenoxy) is 1. The highest BCUT2D eigenvalue weighted by molar-refractivity contribution is 5.04. The summed E-state index contributed by atoms with van der Waals surface area (Å²) in [5.74, 6) is 2.62. The van der Waals surface area contributed by atoms with Crippen LogP contribution in [0.25, 0.3) is 0 Å². The molecule has 7 heteroatoms. The normalized spacial score (nSPS) is 24.5. The number of nitrogens with zero attached hydrogens (tertiary/aromatic N) is 5. The lowest BCUT2D eigenvalue weighted by Crippen LogP contribution is -2.37. The monoisotopic (exact) mass is 337 g/mol. The number of hydrogen-bond acceptors (Lipinski definition) is 6. The molecule has 2 saturated heterocycles. The summed E-state index contributed by atoms with van der Waals surface area (Å²) in [6, 6.07) is 0. The van der Waals surface area contributed by atoms with E-state index < -0.39 is 0 Å². The fraction of sp³-hybridized carbons (Fsp3) is 0.882. The van der Waals surface area contributed by atoms with Crippen LogP contribution in [0.1, 0.15) is 43.3 Å². The Hall–Kier alpha value is -1.02. The summed E-state index contributed by atoms with van der Waals surface area (Å²) < 4.78 is 7.40. The molecule has 0 unspecified atom stereocenters. The maximum atomic E-state index is 9.63. The number of piperidine rings is 2. The van der Waals surface area contributed by atoms with Gasteiger partial charge in [0.15, 0.2) is 0 Å². The lowest BCUT2D eigenvalue weighted by Gasteiger charge is -2.32. The van der Waals surface area contributed by atoms with Gasteiger partial charge >= 0.3 is 0 Å². The summed E-state index contributed by atoms with van der Waals surface area (Å²) in [5, 5.41) is 18.6. The predicted molar refractivity (Wildman–Crippen MR) is 91.8 cm³/mol. The van der Waals surface area contributed by atoms with Crippen LogP contribution in [0.15, 0.2) is 0 Å². The standard InChI is InChI=1S/C17H31N5O2/c1-20-16(13-22-8-5-15(23)6-9-22)18-19-17(20)14-4-3-7-21(12-14)10-11-24-2/h14-15,23H,3-13H2,1-2H3/t14-/m1/s1. The van der Waals surface area contributed by atoms with Crippen molar-refractivity contribution in [1.29, 1.82) is 0 Å². The van der Waals surface area contributed by atoms with E-state index in [1.54, 1.807) is 7.11 Å². The van der Waals surface area contributed by atoms with Crippen LogP contribution < -0.4 is 0 Å². The molecule has 136 valence electrons. The zero-order valence-corrected chi connectivity index (χ0v) is 15.0. The third kappa shape index (κ3) is 4.33. The van der Waals surface area contributed by atoms with Gasteiger partial charge in [-0.1, -0.05) is 0 Å². The smallest absolute Gasteiger partial charge is 0.146 e. The van der Waals surface area contributed by atoms with Crippen molar-refractivity contribution in [2.24, 2.45) is 7.05 Å². The molecule has 0 saturated carbocycles. The fourth-order valence-corrected chi connectivity index (χ4v) is 3.84. The number of aliphatic hydroxyl groups excluding tert-OH is 1. The number of aliphatic hydroxyl groups is 1. The summed E-state index contributed by atoms with van der Waals surface area (Å²) in [6.07, 6.45) is 3.99. The first-order valence-corrected chi connectivity index (χ1v) is 9.17. The van der Waals surface area contributed by atoms with Crippen LogP contribution in [0.3, 0.4) is 0 Å². The van der Waals surface area contributed by atoms with Gasteiger partial charge in [0.1, 0.15) is 11.6 Å². The molecule has 0 spiro atoms. The second kappa shape index (κ2) is 8.38. The Balaban J connectivity index is 1.59. The Bertz CT molecular complexity index is 513. The Labute approximate surface area is 144 Å². The number of methoxy groups -OCH3 is 1. The fourth-order valence-electron chi connectivity index (χ4n) is 3.84. The van der Waals surface area contributed by atoms with Gasteiger partial charge in [0, 0.05) is 46.3 Å². The number of aromatic nitrogens is 3. The van der Waals surface area contributed by atoms with Crippen molar-refractivity contribution >= 4 is 0 Å². The molecule has 2 aliphatic rings. The zero-order valence-electron chi connectivity index (χ0n) is 15.0. The van der Waals surface area contributed by atoms with E-state index in [0.717, 1.165) is 70.4 Å². The number of hydrogen-bond donors (Lipinski definition) is 1. The molecule has 1 N–H and O–H groups in total. The maximum absolute atomic E-state index is 9.63. The Morgan fingerprint density at radius 2 is 1.92 bits per heavy atom. The molecule has 3 heterocycles. The molecule has 2 fully saturated rings. The Kier molecular flexibility index (Phi) is 6.21. The van der Waals surface area contributed by atoms with Gasteiger partial charge in [-0.2, -0.15) is 0 Å². The second-order valence-electron chi connectivity index (χ2n) is 7.17. The Morgan fingerprint density at radius 1 is 1.12 bits per heavy atom. The molecule has 1 aromatic rings. The van der Waals surface area contributed by atoms with E-state index in [4.69, 9.17) is 4.74 Å². The molecule has 1 aromatic heterocycles. The van der Waals surface area contributed by atoms with Gasteiger partial charge in [-0.05, 0) is 32.2 Å². The van der Waals surface area contributed by atoms with E-state index in [2.05, 4.69) is 31.6 Å². The average molecular weight is 337 g/mol. The van der Waals surface area contributed by atoms with Crippen molar-refractivity contribution < 1.29 is 9.84 Å². The van der Waals surface area contributed by atoms with Gasteiger partial charge in [-0.15, -0.1) is 10.2 Å². The summed E-state index contributed by atoms with van der Waals surface area (Å²) in [4.78, 5) is 4.84. The molecule has 3 rings (SSSR count). The van der Waals surface area contributed by atoms with Crippen LogP contribution in [-0.4, -0.2) is 82.2 Å². The van der Waals surface area contributed by atoms with E-state index >= 15 is 0 Å². The molecular weight excluding hydrogens is 306 g/mol. The predicted octanol–water partition coefficient (Wildman–Crippen LogP) is 0.598. The summed E-state index contributed by atoms with van der Waals surface area (Å²) in [6.45, 7) is 6.70. The highest BCUT2D eigenvalue weighted by Crippen LogP contribution is 2.26. The lowest BCUT2D eigenvalue weighted by molar-refractivity contribution is 0.0775. The van der Waals surface area contributed by atoms with E-state index in [-0.39, 0.29) is 6.10 Å². The van der Waals surface area contributed by atoms with Crippen molar-refractivity contribution in [3.05, 3.63) is 11.6 Å². The third-order valence-electron chi connectivity index (χ3n) is 5.40. The molecule has 0 bridgehead atoms. The molecule has 24 heavy (non-hydrogen) atoms. The minimum atomic E-state index is -0.128. The van der Waals surface area contributed by atoms with Crippen molar-refractivity contribution in [3.63, 3.8) is 0 Å². The average Bonchev–Trinajstić information content (AvgIpc) is 2.96. The van der Waals surface area contributed by atoms with Gasteiger partial charge < -0.3 is 19.3 Å². The van der Waals surface area contributed by atoms with Crippen molar-refractivity contribution in [3.8, 4) is 0 Å². The third-order valence-corrected chi connectivity index (χ3v) is 5.40. The van der Waals surface area contributed by atoms with Crippen LogP contribution in [0.5, 0.6) is 0 Å². The summed E-state index contributed by atoms with van der Waals surface area (Å²) in [7, 11) is 3.85. The highest BCUT2D eigenvalue weighted by Gasteiger charge is 2.26. The first kappa shape index (κ1) is 17.8. The quantitative estimate of drug-likeness (QED) is 0.820. The minimum Gasteiger partial charge on any atom is -0.393 e. The van der Waals surface area contributed by atoms with Crippen molar-refractivity contribution in [1.82, 2.24) is 24.6 Å². The van der Waals surface area contributed by atoms with E-state index in [9.17, 15) is 5.11 Å². The second-order valence-corrected chi connectivity index (χ2v) is 7.17. The van der Waals surface area contributed by atoms with Crippen molar-refractivity contribution in [2.75, 3.05) is 46.4 Å². The Morgan fingerprint density at radius 3 is 2.67 bits per heavy atom. The first-order chi connectivity index (χ1) is 11.7. The molecule has 7 nitrogen and oxygen atoms in total. The molecule has 0 radical (unpaired) electrons. The van der Waals surface area contributed by atoms with E-state index in [1.807, 2.05) is 0 Å². The molecular formula is C17H31N5O2. The SMILES string of the molecule is COCCN1CCC[C@@H](c2nnc(CN3CCC(O)CC3)n2C)C1. The molecule has 0 aliphatic carbocycles. The van der Waals surface area contributed by atoms with Crippen LogP contribution >= 0.6 is 0 Å². The first-order valence-electron chi connectivity index (χ1n) is 9.17. The molecule has 0 aromatic carbocycles. The summed E-state index contributed by atoms with van der Waals surface area (Å²) in [5.41, 5.74) is 0. The maximum Gasteiger partial charge on any atom is 0.146 e. The molecule has 1 atom stereocenters. The van der Waals surface area contributed by atoms with Gasteiger partial charge in [0.2, 0.25) is 0 Å². The lowest BCUT2D eigenvalue weighted by atomic mass is 9.97. The van der Waals surface area contributed by atoms with Crippen LogP contribution in [0.2, 0.25) is 0 Å². The minimum absolute atomic E-state index is 0.128. The number of rotatable bonds is 6. The number of likely N-dealkylation sites (tertiary alicyclic amines) is 2. The van der Waals surface area contributed by atoms with Crippen LogP contribution in [-0.2, 0) is 18.3 Å². The van der Waals surface area contributed by atoms with Crippen LogP contribution in [0, 0.1) is 0 Å². The van der Waals surface area contributed by atoms with Crippen LogP contribution in [0.4, 0.5) is 0 Å². The van der Waals surface area contributed by atoms with Gasteiger partial charge in [0.05, 0.1) is 19.3 Å². The molecule has 0 amide bonds. The largest absolute Gasteiger partial charge is 0.393 e. The van der Waals surface area contributed by atoms with Gasteiger partial charge in [0.25, 0.3) is 0 Å². The van der Waals surface area contributed by atoms with Crippen molar-refractivity contribution in [2.45, 2.75) is 44.2 Å². The topological polar surface area (TPSA) is 66.7 Å². The van der Waals surface area contributed by atoms with Gasteiger partial charge in [-0.25, -0.2) is 0 Å². The van der Waals surface area contributed by atoms with E-state index in [1.165, 1.54) is 12.8 Å².